The Balaban J connectivity index is 2.20. The first-order valence-corrected chi connectivity index (χ1v) is 6.71. The number of aromatic amines is 1. The van der Waals surface area contributed by atoms with E-state index >= 15 is 0 Å². The minimum atomic E-state index is -0.228. The molecule has 0 aliphatic heterocycles. The second kappa shape index (κ2) is 3.91. The van der Waals surface area contributed by atoms with E-state index in [0.717, 1.165) is 23.7 Å². The van der Waals surface area contributed by atoms with E-state index < -0.39 is 0 Å². The number of hydrogen-bond donors (Lipinski definition) is 1. The minimum Gasteiger partial charge on any atom is -0.305 e. The Bertz CT molecular complexity index is 830. The third kappa shape index (κ3) is 1.51. The van der Waals surface area contributed by atoms with E-state index in [4.69, 9.17) is 0 Å². The molecule has 96 valence electrons. The predicted octanol–water partition coefficient (Wildman–Crippen LogP) is 1.84. The van der Waals surface area contributed by atoms with E-state index in [1.54, 1.807) is 0 Å². The lowest BCUT2D eigenvalue weighted by Gasteiger charge is -2.10. The summed E-state index contributed by atoms with van der Waals surface area (Å²) in [6.07, 6.45) is 7.32. The number of rotatable bonds is 0. The summed E-state index contributed by atoms with van der Waals surface area (Å²) in [5.74, 6) is 0. The van der Waals surface area contributed by atoms with Crippen molar-refractivity contribution in [2.24, 2.45) is 0 Å². The van der Waals surface area contributed by atoms with E-state index in [9.17, 15) is 4.79 Å². The average Bonchev–Trinajstić information content (AvgIpc) is 2.78. The molecule has 2 aromatic heterocycles. The van der Waals surface area contributed by atoms with Crippen LogP contribution in [0.3, 0.4) is 0 Å². The molecule has 5 nitrogen and oxygen atoms in total. The molecule has 0 amide bonds. The van der Waals surface area contributed by atoms with E-state index in [2.05, 4.69) is 21.1 Å². The number of nitrogens with zero attached hydrogens (tertiary/aromatic N) is 3. The summed E-state index contributed by atoms with van der Waals surface area (Å²) in [4.78, 5) is 19.1. The molecule has 0 unspecified atom stereocenters. The first-order valence-electron chi connectivity index (χ1n) is 6.71. The highest BCUT2D eigenvalue weighted by Gasteiger charge is 2.16. The van der Waals surface area contributed by atoms with Crippen molar-refractivity contribution >= 4 is 16.6 Å². The van der Waals surface area contributed by atoms with Gasteiger partial charge >= 0.3 is 5.69 Å². The Kier molecular flexibility index (Phi) is 2.21. The van der Waals surface area contributed by atoms with Crippen LogP contribution in [0.4, 0.5) is 0 Å². The van der Waals surface area contributed by atoms with Crippen LogP contribution < -0.4 is 5.69 Å². The summed E-state index contributed by atoms with van der Waals surface area (Å²) >= 11 is 0. The van der Waals surface area contributed by atoms with Gasteiger partial charge in [0.1, 0.15) is 6.33 Å². The van der Waals surface area contributed by atoms with Gasteiger partial charge in [-0.25, -0.2) is 9.78 Å². The molecule has 0 saturated heterocycles. The average molecular weight is 254 g/mol. The zero-order chi connectivity index (χ0) is 12.8. The largest absolute Gasteiger partial charge is 0.348 e. The van der Waals surface area contributed by atoms with Crippen LogP contribution in [0.25, 0.3) is 16.6 Å². The minimum absolute atomic E-state index is 0.228. The fourth-order valence-corrected chi connectivity index (χ4v) is 3.09. The van der Waals surface area contributed by atoms with Gasteiger partial charge in [-0.3, -0.25) is 0 Å². The van der Waals surface area contributed by atoms with Crippen LogP contribution in [0.2, 0.25) is 0 Å². The maximum absolute atomic E-state index is 11.9. The first-order chi connectivity index (χ1) is 9.34. The number of nitrogens with one attached hydrogen (secondary N) is 1. The van der Waals surface area contributed by atoms with Gasteiger partial charge in [0.25, 0.3) is 0 Å². The summed E-state index contributed by atoms with van der Waals surface area (Å²) in [5, 5.41) is 5.07. The summed E-state index contributed by atoms with van der Waals surface area (Å²) in [6, 6.07) is 4.14. The molecule has 0 spiro atoms. The van der Waals surface area contributed by atoms with Crippen molar-refractivity contribution < 1.29 is 0 Å². The third-order valence-corrected chi connectivity index (χ3v) is 3.99. The van der Waals surface area contributed by atoms with Crippen molar-refractivity contribution in [3.63, 3.8) is 0 Å². The molecular formula is C14H14N4O. The van der Waals surface area contributed by atoms with Gasteiger partial charge in [0.05, 0.1) is 5.52 Å². The Hall–Kier alpha value is -2.17. The lowest BCUT2D eigenvalue weighted by molar-refractivity contribution is 0.712. The maximum atomic E-state index is 11.9. The lowest BCUT2D eigenvalue weighted by Crippen LogP contribution is -2.18. The van der Waals surface area contributed by atoms with Gasteiger partial charge in [-0.1, -0.05) is 12.5 Å². The Labute approximate surface area is 109 Å². The Morgan fingerprint density at radius 1 is 1.16 bits per heavy atom. The van der Waals surface area contributed by atoms with Crippen LogP contribution in [0.15, 0.2) is 23.3 Å². The second-order valence-electron chi connectivity index (χ2n) is 5.11. The van der Waals surface area contributed by atoms with Crippen LogP contribution in [0, 0.1) is 0 Å². The number of benzene rings is 1. The molecule has 3 aromatic rings. The molecule has 0 bridgehead atoms. The summed E-state index contributed by atoms with van der Waals surface area (Å²) in [6.45, 7) is 0. The molecule has 1 aliphatic carbocycles. The lowest BCUT2D eigenvalue weighted by atomic mass is 9.98. The zero-order valence-electron chi connectivity index (χ0n) is 10.5. The van der Waals surface area contributed by atoms with Crippen LogP contribution in [-0.4, -0.2) is 19.6 Å². The smallest absolute Gasteiger partial charge is 0.305 e. The van der Waals surface area contributed by atoms with E-state index in [0.29, 0.717) is 5.65 Å². The molecule has 1 aliphatic rings. The molecule has 1 N–H and O–H groups in total. The summed E-state index contributed by atoms with van der Waals surface area (Å²) in [7, 11) is 0. The summed E-state index contributed by atoms with van der Waals surface area (Å²) in [5.41, 5.74) is 4.04. The third-order valence-electron chi connectivity index (χ3n) is 3.99. The van der Waals surface area contributed by atoms with E-state index in [-0.39, 0.29) is 5.69 Å². The molecule has 0 fully saturated rings. The highest BCUT2D eigenvalue weighted by atomic mass is 16.1. The second-order valence-corrected chi connectivity index (χ2v) is 5.11. The number of H-pyrrole nitrogens is 1. The van der Waals surface area contributed by atoms with Crippen molar-refractivity contribution in [1.82, 2.24) is 19.6 Å². The predicted molar refractivity (Wildman–Crippen MR) is 72.4 cm³/mol. The van der Waals surface area contributed by atoms with Gasteiger partial charge in [-0.05, 0) is 42.9 Å². The van der Waals surface area contributed by atoms with Gasteiger partial charge in [0, 0.05) is 5.39 Å². The van der Waals surface area contributed by atoms with Crippen molar-refractivity contribution in [2.45, 2.75) is 32.1 Å². The van der Waals surface area contributed by atoms with Gasteiger partial charge in [-0.15, -0.1) is 0 Å². The van der Waals surface area contributed by atoms with E-state index in [1.165, 1.54) is 41.2 Å². The highest BCUT2D eigenvalue weighted by Crippen LogP contribution is 2.28. The van der Waals surface area contributed by atoms with Crippen molar-refractivity contribution in [3.05, 3.63) is 40.1 Å². The number of fused-ring (bicyclic) bond motifs is 5. The van der Waals surface area contributed by atoms with Crippen molar-refractivity contribution in [2.75, 3.05) is 0 Å². The molecule has 0 atom stereocenters. The molecule has 5 heteroatoms. The van der Waals surface area contributed by atoms with E-state index in [1.807, 2.05) is 6.07 Å². The standard InChI is InChI=1S/C14H14N4O/c19-14-17-11-7-6-9-4-2-1-3-5-10(9)12(11)13-15-8-16-18(13)14/h6-8H,1-5H2,(H,17,19). The summed E-state index contributed by atoms with van der Waals surface area (Å²) < 4.78 is 1.35. The molecule has 1 aromatic carbocycles. The number of hydrogen-bond acceptors (Lipinski definition) is 3. The molecular weight excluding hydrogens is 240 g/mol. The van der Waals surface area contributed by atoms with Crippen LogP contribution in [-0.2, 0) is 12.8 Å². The number of aryl methyl sites for hydroxylation is 2. The van der Waals surface area contributed by atoms with Crippen molar-refractivity contribution in [3.8, 4) is 0 Å². The van der Waals surface area contributed by atoms with Gasteiger partial charge in [0.2, 0.25) is 0 Å². The number of aromatic nitrogens is 4. The first kappa shape index (κ1) is 10.7. The Morgan fingerprint density at radius 2 is 2.05 bits per heavy atom. The Morgan fingerprint density at radius 3 is 3.00 bits per heavy atom. The molecule has 4 rings (SSSR count). The quantitative estimate of drug-likeness (QED) is 0.623. The van der Waals surface area contributed by atoms with Crippen LogP contribution in [0.5, 0.6) is 0 Å². The maximum Gasteiger partial charge on any atom is 0.348 e. The van der Waals surface area contributed by atoms with Gasteiger partial charge in [-0.2, -0.15) is 9.61 Å². The molecule has 2 heterocycles. The highest BCUT2D eigenvalue weighted by molar-refractivity contribution is 5.94. The van der Waals surface area contributed by atoms with Crippen molar-refractivity contribution in [1.29, 1.82) is 0 Å². The zero-order valence-corrected chi connectivity index (χ0v) is 10.5. The topological polar surface area (TPSA) is 63.0 Å². The van der Waals surface area contributed by atoms with Crippen LogP contribution >= 0.6 is 0 Å². The fraction of sp³-hybridized carbons (Fsp3) is 0.357. The molecule has 0 saturated carbocycles. The fourth-order valence-electron chi connectivity index (χ4n) is 3.09. The SMILES string of the molecule is O=c1[nH]c2ccc3c(c2c2ncnn12)CCCCC3. The van der Waals surface area contributed by atoms with Gasteiger partial charge in [0.15, 0.2) is 5.65 Å². The normalized spacial score (nSPS) is 15.6. The molecule has 0 radical (unpaired) electrons. The molecule has 19 heavy (non-hydrogen) atoms. The van der Waals surface area contributed by atoms with Gasteiger partial charge < -0.3 is 4.98 Å². The monoisotopic (exact) mass is 254 g/mol. The van der Waals surface area contributed by atoms with Crippen LogP contribution in [0.1, 0.15) is 30.4 Å².